The summed E-state index contributed by atoms with van der Waals surface area (Å²) in [4.78, 5) is 8.43. The molecule has 1 aromatic heterocycles. The van der Waals surface area contributed by atoms with Gasteiger partial charge in [-0.25, -0.2) is 9.37 Å². The van der Waals surface area contributed by atoms with Gasteiger partial charge in [-0.3, -0.25) is 4.99 Å². The minimum Gasteiger partial charge on any atom is -0.478 e. The third-order valence-electron chi connectivity index (χ3n) is 3.42. The van der Waals surface area contributed by atoms with E-state index in [9.17, 15) is 4.39 Å². The van der Waals surface area contributed by atoms with Crippen LogP contribution in [0.5, 0.6) is 5.88 Å². The second-order valence-electron chi connectivity index (χ2n) is 5.13. The van der Waals surface area contributed by atoms with Gasteiger partial charge in [-0.15, -0.1) is 0 Å². The van der Waals surface area contributed by atoms with Crippen molar-refractivity contribution in [2.45, 2.75) is 19.9 Å². The lowest BCUT2D eigenvalue weighted by atomic mass is 10.1. The van der Waals surface area contributed by atoms with Crippen LogP contribution < -0.4 is 15.4 Å². The molecule has 0 fully saturated rings. The Kier molecular flexibility index (Phi) is 7.01. The van der Waals surface area contributed by atoms with Gasteiger partial charge in [0, 0.05) is 31.9 Å². The average molecular weight is 330 g/mol. The van der Waals surface area contributed by atoms with Gasteiger partial charge in [0.15, 0.2) is 5.96 Å². The van der Waals surface area contributed by atoms with Gasteiger partial charge in [-0.2, -0.15) is 0 Å². The van der Waals surface area contributed by atoms with Gasteiger partial charge in [0.05, 0.1) is 6.61 Å². The van der Waals surface area contributed by atoms with Crippen molar-refractivity contribution in [2.24, 2.45) is 4.99 Å². The molecule has 0 aliphatic heterocycles. The van der Waals surface area contributed by atoms with Gasteiger partial charge in [-0.1, -0.05) is 18.2 Å². The first-order chi connectivity index (χ1) is 11.7. The summed E-state index contributed by atoms with van der Waals surface area (Å²) in [6.07, 6.45) is 2.50. The van der Waals surface area contributed by atoms with Gasteiger partial charge in [-0.05, 0) is 37.1 Å². The van der Waals surface area contributed by atoms with Crippen LogP contribution in [0.1, 0.15) is 18.1 Å². The largest absolute Gasteiger partial charge is 0.478 e. The number of halogens is 1. The minimum atomic E-state index is -0.217. The molecular weight excluding hydrogens is 307 g/mol. The number of nitrogens with one attached hydrogen (secondary N) is 2. The lowest BCUT2D eigenvalue weighted by Gasteiger charge is -2.13. The zero-order valence-electron chi connectivity index (χ0n) is 14.1. The maximum Gasteiger partial charge on any atom is 0.218 e. The van der Waals surface area contributed by atoms with Gasteiger partial charge in [0.2, 0.25) is 5.88 Å². The van der Waals surface area contributed by atoms with Crippen molar-refractivity contribution in [1.29, 1.82) is 0 Å². The number of benzene rings is 1. The highest BCUT2D eigenvalue weighted by Crippen LogP contribution is 2.13. The lowest BCUT2D eigenvalue weighted by molar-refractivity contribution is 0.322. The van der Waals surface area contributed by atoms with E-state index in [1.54, 1.807) is 25.4 Å². The lowest BCUT2D eigenvalue weighted by Crippen LogP contribution is -2.38. The van der Waals surface area contributed by atoms with Gasteiger partial charge in [0.1, 0.15) is 5.82 Å². The molecule has 2 rings (SSSR count). The normalized spacial score (nSPS) is 11.2. The van der Waals surface area contributed by atoms with E-state index in [1.807, 2.05) is 19.1 Å². The molecule has 2 N–H and O–H groups in total. The quantitative estimate of drug-likeness (QED) is 0.605. The molecule has 128 valence electrons. The van der Waals surface area contributed by atoms with Crippen LogP contribution in [0.4, 0.5) is 4.39 Å². The molecule has 24 heavy (non-hydrogen) atoms. The third kappa shape index (κ3) is 5.53. The summed E-state index contributed by atoms with van der Waals surface area (Å²) in [5.74, 6) is 1.11. The fraction of sp³-hybridized carbons (Fsp3) is 0.333. The SMILES string of the molecule is CCOc1ncccc1CNC(=NC)NCCc1ccc(F)cc1. The van der Waals surface area contributed by atoms with Gasteiger partial charge in [0.25, 0.3) is 0 Å². The predicted octanol–water partition coefficient (Wildman–Crippen LogP) is 2.53. The molecule has 0 radical (unpaired) electrons. The third-order valence-corrected chi connectivity index (χ3v) is 3.42. The Bertz CT molecular complexity index is 658. The highest BCUT2D eigenvalue weighted by molar-refractivity contribution is 5.79. The fourth-order valence-electron chi connectivity index (χ4n) is 2.20. The molecule has 0 atom stereocenters. The van der Waals surface area contributed by atoms with Crippen molar-refractivity contribution in [1.82, 2.24) is 15.6 Å². The zero-order chi connectivity index (χ0) is 17.2. The van der Waals surface area contributed by atoms with E-state index in [-0.39, 0.29) is 5.82 Å². The van der Waals surface area contributed by atoms with Gasteiger partial charge < -0.3 is 15.4 Å². The van der Waals surface area contributed by atoms with E-state index in [2.05, 4.69) is 20.6 Å². The minimum absolute atomic E-state index is 0.217. The van der Waals surface area contributed by atoms with E-state index in [4.69, 9.17) is 4.74 Å². The zero-order valence-corrected chi connectivity index (χ0v) is 14.1. The Morgan fingerprint density at radius 2 is 2.00 bits per heavy atom. The molecule has 5 nitrogen and oxygen atoms in total. The van der Waals surface area contributed by atoms with Crippen molar-refractivity contribution in [3.63, 3.8) is 0 Å². The number of pyridine rings is 1. The second kappa shape index (κ2) is 9.50. The fourth-order valence-corrected chi connectivity index (χ4v) is 2.20. The summed E-state index contributed by atoms with van der Waals surface area (Å²) in [6, 6.07) is 10.4. The van der Waals surface area contributed by atoms with Crippen molar-refractivity contribution in [3.05, 3.63) is 59.5 Å². The molecule has 0 amide bonds. The summed E-state index contributed by atoms with van der Waals surface area (Å²) in [5.41, 5.74) is 2.05. The summed E-state index contributed by atoms with van der Waals surface area (Å²) in [6.45, 7) is 3.78. The van der Waals surface area contributed by atoms with Crippen LogP contribution in [0.2, 0.25) is 0 Å². The number of aromatic nitrogens is 1. The van der Waals surface area contributed by atoms with Crippen molar-refractivity contribution >= 4 is 5.96 Å². The number of guanidine groups is 1. The Morgan fingerprint density at radius 1 is 1.21 bits per heavy atom. The maximum atomic E-state index is 12.9. The number of hydrogen-bond donors (Lipinski definition) is 2. The predicted molar refractivity (Wildman–Crippen MR) is 93.7 cm³/mol. The van der Waals surface area contributed by atoms with Crippen LogP contribution in [0.15, 0.2) is 47.6 Å². The standard InChI is InChI=1S/C18H23FN4O/c1-3-24-17-15(5-4-11-21-17)13-23-18(20-2)22-12-10-14-6-8-16(19)9-7-14/h4-9,11H,3,10,12-13H2,1-2H3,(H2,20,22,23). The van der Waals surface area contributed by atoms with E-state index in [0.29, 0.717) is 31.5 Å². The second-order valence-corrected chi connectivity index (χ2v) is 5.13. The van der Waals surface area contributed by atoms with E-state index in [0.717, 1.165) is 17.5 Å². The Balaban J connectivity index is 1.81. The molecule has 0 bridgehead atoms. The van der Waals surface area contributed by atoms with E-state index < -0.39 is 0 Å². The summed E-state index contributed by atoms with van der Waals surface area (Å²) in [5, 5.41) is 6.48. The number of hydrogen-bond acceptors (Lipinski definition) is 3. The molecular formula is C18H23FN4O. The summed E-state index contributed by atoms with van der Waals surface area (Å²) < 4.78 is 18.4. The monoisotopic (exact) mass is 330 g/mol. The van der Waals surface area contributed by atoms with Crippen LogP contribution >= 0.6 is 0 Å². The molecule has 0 unspecified atom stereocenters. The molecule has 1 heterocycles. The molecule has 0 saturated carbocycles. The molecule has 0 aliphatic rings. The van der Waals surface area contributed by atoms with Crippen molar-refractivity contribution in [2.75, 3.05) is 20.2 Å². The first-order valence-electron chi connectivity index (χ1n) is 7.98. The molecule has 1 aromatic carbocycles. The summed E-state index contributed by atoms with van der Waals surface area (Å²) in [7, 11) is 1.72. The average Bonchev–Trinajstić information content (AvgIpc) is 2.61. The molecule has 0 spiro atoms. The van der Waals surface area contributed by atoms with Crippen LogP contribution in [0.25, 0.3) is 0 Å². The van der Waals surface area contributed by atoms with Crippen molar-refractivity contribution in [3.8, 4) is 5.88 Å². The Morgan fingerprint density at radius 3 is 2.71 bits per heavy atom. The highest BCUT2D eigenvalue weighted by atomic mass is 19.1. The first-order valence-corrected chi connectivity index (χ1v) is 7.98. The van der Waals surface area contributed by atoms with Gasteiger partial charge >= 0.3 is 0 Å². The highest BCUT2D eigenvalue weighted by Gasteiger charge is 2.05. The molecule has 0 saturated heterocycles. The molecule has 6 heteroatoms. The van der Waals surface area contributed by atoms with Crippen LogP contribution in [-0.4, -0.2) is 31.1 Å². The van der Waals surface area contributed by atoms with Crippen LogP contribution in [0, 0.1) is 5.82 Å². The molecule has 2 aromatic rings. The van der Waals surface area contributed by atoms with Crippen molar-refractivity contribution < 1.29 is 9.13 Å². The number of aliphatic imine (C=N–C) groups is 1. The maximum absolute atomic E-state index is 12.9. The van der Waals surface area contributed by atoms with Crippen LogP contribution in [-0.2, 0) is 13.0 Å². The molecule has 0 aliphatic carbocycles. The summed E-state index contributed by atoms with van der Waals surface area (Å²) >= 11 is 0. The van der Waals surface area contributed by atoms with E-state index in [1.165, 1.54) is 12.1 Å². The Labute approximate surface area is 142 Å². The number of ether oxygens (including phenoxy) is 1. The smallest absolute Gasteiger partial charge is 0.218 e. The Hall–Kier alpha value is -2.63. The number of rotatable bonds is 7. The van der Waals surface area contributed by atoms with Crippen LogP contribution in [0.3, 0.4) is 0 Å². The first kappa shape index (κ1) is 17.7. The van der Waals surface area contributed by atoms with E-state index >= 15 is 0 Å². The topological polar surface area (TPSA) is 58.5 Å². The number of nitrogens with zero attached hydrogens (tertiary/aromatic N) is 2.